The average Bonchev–Trinajstić information content (AvgIpc) is 2.08. The highest BCUT2D eigenvalue weighted by Gasteiger charge is 2.17. The Labute approximate surface area is 80.8 Å². The van der Waals surface area contributed by atoms with E-state index in [2.05, 4.69) is 20.9 Å². The van der Waals surface area contributed by atoms with Gasteiger partial charge in [-0.1, -0.05) is 0 Å². The Hall–Kier alpha value is -1.22. The summed E-state index contributed by atoms with van der Waals surface area (Å²) in [7, 11) is 0. The molecule has 0 aliphatic carbocycles. The molecule has 68 valence electrons. The molecular formula is C7H3BrF2N2O. The van der Waals surface area contributed by atoms with Crippen LogP contribution in [0.3, 0.4) is 0 Å². The van der Waals surface area contributed by atoms with Crippen LogP contribution >= 0.6 is 15.9 Å². The molecule has 1 rings (SSSR count). The SMILES string of the molecule is N#Cc1nc(Br)cc(C(F)F)c1O. The number of aromatic nitrogens is 1. The Balaban J connectivity index is 3.38. The number of pyridine rings is 1. The molecule has 0 saturated heterocycles. The monoisotopic (exact) mass is 248 g/mol. The summed E-state index contributed by atoms with van der Waals surface area (Å²) < 4.78 is 24.5. The lowest BCUT2D eigenvalue weighted by atomic mass is 10.2. The number of nitriles is 1. The van der Waals surface area contributed by atoms with Gasteiger partial charge in [-0.05, 0) is 22.0 Å². The standard InChI is InChI=1S/C7H3BrF2N2O/c8-5-1-3(7(9)10)6(13)4(2-11)12-5/h1,7,13H. The minimum absolute atomic E-state index is 0.0946. The Morgan fingerprint density at radius 3 is 2.69 bits per heavy atom. The van der Waals surface area contributed by atoms with E-state index in [1.54, 1.807) is 0 Å². The third kappa shape index (κ3) is 1.92. The molecule has 0 aliphatic heterocycles. The molecule has 0 aromatic carbocycles. The lowest BCUT2D eigenvalue weighted by Crippen LogP contribution is -1.92. The van der Waals surface area contributed by atoms with Gasteiger partial charge in [0.25, 0.3) is 6.43 Å². The van der Waals surface area contributed by atoms with Crippen molar-refractivity contribution in [1.29, 1.82) is 5.26 Å². The van der Waals surface area contributed by atoms with Crippen LogP contribution < -0.4 is 0 Å². The van der Waals surface area contributed by atoms with E-state index in [-0.39, 0.29) is 4.60 Å². The zero-order valence-corrected chi connectivity index (χ0v) is 7.72. The summed E-state index contributed by atoms with van der Waals surface area (Å²) in [6.07, 6.45) is -2.83. The number of alkyl halides is 2. The summed E-state index contributed by atoms with van der Waals surface area (Å²) in [5.74, 6) is -0.763. The number of hydrogen-bond donors (Lipinski definition) is 1. The second kappa shape index (κ2) is 3.66. The van der Waals surface area contributed by atoms with Crippen molar-refractivity contribution >= 4 is 15.9 Å². The van der Waals surface area contributed by atoms with Gasteiger partial charge >= 0.3 is 0 Å². The van der Waals surface area contributed by atoms with Gasteiger partial charge in [0.15, 0.2) is 11.4 Å². The van der Waals surface area contributed by atoms with E-state index in [1.807, 2.05) is 0 Å². The fourth-order valence-corrected chi connectivity index (χ4v) is 1.19. The van der Waals surface area contributed by atoms with Gasteiger partial charge < -0.3 is 5.11 Å². The smallest absolute Gasteiger partial charge is 0.267 e. The van der Waals surface area contributed by atoms with Crippen LogP contribution in [-0.2, 0) is 0 Å². The number of halogens is 3. The highest BCUT2D eigenvalue weighted by Crippen LogP contribution is 2.31. The second-order valence-corrected chi connectivity index (χ2v) is 2.96. The molecule has 0 unspecified atom stereocenters. The normalized spacial score (nSPS) is 10.1. The number of aromatic hydroxyl groups is 1. The van der Waals surface area contributed by atoms with E-state index in [0.717, 1.165) is 6.07 Å². The average molecular weight is 249 g/mol. The van der Waals surface area contributed by atoms with E-state index in [1.165, 1.54) is 6.07 Å². The van der Waals surface area contributed by atoms with Crippen molar-refractivity contribution in [3.63, 3.8) is 0 Å². The molecule has 0 amide bonds. The molecule has 13 heavy (non-hydrogen) atoms. The van der Waals surface area contributed by atoms with Crippen molar-refractivity contribution in [2.45, 2.75) is 6.43 Å². The van der Waals surface area contributed by atoms with Crippen molar-refractivity contribution in [2.24, 2.45) is 0 Å². The van der Waals surface area contributed by atoms with Gasteiger partial charge in [0.05, 0.1) is 5.56 Å². The number of nitrogens with zero attached hydrogens (tertiary/aromatic N) is 2. The highest BCUT2D eigenvalue weighted by atomic mass is 79.9. The van der Waals surface area contributed by atoms with Crippen molar-refractivity contribution in [3.8, 4) is 11.8 Å². The summed E-state index contributed by atoms with van der Waals surface area (Å²) in [6, 6.07) is 2.48. The summed E-state index contributed by atoms with van der Waals surface area (Å²) in [5.41, 5.74) is -1.01. The molecule has 1 heterocycles. The van der Waals surface area contributed by atoms with Crippen LogP contribution in [-0.4, -0.2) is 10.1 Å². The molecule has 0 atom stereocenters. The molecule has 0 radical (unpaired) electrons. The van der Waals surface area contributed by atoms with Crippen LogP contribution in [0.4, 0.5) is 8.78 Å². The lowest BCUT2D eigenvalue weighted by Gasteiger charge is -2.04. The molecule has 0 saturated carbocycles. The van der Waals surface area contributed by atoms with Crippen LogP contribution in [0.15, 0.2) is 10.7 Å². The first-order chi connectivity index (χ1) is 6.06. The zero-order valence-electron chi connectivity index (χ0n) is 6.13. The van der Waals surface area contributed by atoms with Gasteiger partial charge in [0, 0.05) is 0 Å². The minimum Gasteiger partial charge on any atom is -0.505 e. The summed E-state index contributed by atoms with van der Waals surface area (Å²) in [5, 5.41) is 17.5. The molecular weight excluding hydrogens is 246 g/mol. The van der Waals surface area contributed by atoms with Crippen molar-refractivity contribution in [2.75, 3.05) is 0 Å². The van der Waals surface area contributed by atoms with E-state index in [4.69, 9.17) is 10.4 Å². The van der Waals surface area contributed by atoms with Gasteiger partial charge in [-0.25, -0.2) is 13.8 Å². The van der Waals surface area contributed by atoms with Crippen LogP contribution in [0, 0.1) is 11.3 Å². The van der Waals surface area contributed by atoms with E-state index in [0.29, 0.717) is 0 Å². The van der Waals surface area contributed by atoms with Crippen LogP contribution in [0.25, 0.3) is 0 Å². The fourth-order valence-electron chi connectivity index (χ4n) is 0.770. The Morgan fingerprint density at radius 1 is 1.62 bits per heavy atom. The Kier molecular flexibility index (Phi) is 2.78. The largest absolute Gasteiger partial charge is 0.505 e. The van der Waals surface area contributed by atoms with Crippen LogP contribution in [0.2, 0.25) is 0 Å². The van der Waals surface area contributed by atoms with Gasteiger partial charge in [0.2, 0.25) is 0 Å². The van der Waals surface area contributed by atoms with E-state index >= 15 is 0 Å². The van der Waals surface area contributed by atoms with Crippen molar-refractivity contribution < 1.29 is 13.9 Å². The van der Waals surface area contributed by atoms with Gasteiger partial charge in [0.1, 0.15) is 10.7 Å². The first-order valence-corrected chi connectivity index (χ1v) is 3.93. The molecule has 1 N–H and O–H groups in total. The second-order valence-electron chi connectivity index (χ2n) is 2.14. The molecule has 0 bridgehead atoms. The fraction of sp³-hybridized carbons (Fsp3) is 0.143. The predicted molar refractivity (Wildman–Crippen MR) is 43.3 cm³/mol. The van der Waals surface area contributed by atoms with E-state index in [9.17, 15) is 8.78 Å². The summed E-state index contributed by atoms with van der Waals surface area (Å²) in [6.45, 7) is 0. The summed E-state index contributed by atoms with van der Waals surface area (Å²) >= 11 is 2.85. The lowest BCUT2D eigenvalue weighted by molar-refractivity contribution is 0.147. The molecule has 1 aromatic rings. The topological polar surface area (TPSA) is 56.9 Å². The van der Waals surface area contributed by atoms with E-state index < -0.39 is 23.4 Å². The summed E-state index contributed by atoms with van der Waals surface area (Å²) in [4.78, 5) is 3.51. The number of hydrogen-bond acceptors (Lipinski definition) is 3. The predicted octanol–water partition coefficient (Wildman–Crippen LogP) is 2.36. The van der Waals surface area contributed by atoms with Gasteiger partial charge in [-0.3, -0.25) is 0 Å². The Morgan fingerprint density at radius 2 is 2.23 bits per heavy atom. The molecule has 1 aromatic heterocycles. The maximum absolute atomic E-state index is 12.2. The first kappa shape index (κ1) is 9.86. The van der Waals surface area contributed by atoms with Gasteiger partial charge in [-0.2, -0.15) is 5.26 Å². The maximum atomic E-state index is 12.2. The highest BCUT2D eigenvalue weighted by molar-refractivity contribution is 9.10. The third-order valence-corrected chi connectivity index (χ3v) is 1.74. The number of rotatable bonds is 1. The first-order valence-electron chi connectivity index (χ1n) is 3.14. The molecule has 0 fully saturated rings. The van der Waals surface area contributed by atoms with Crippen molar-refractivity contribution in [1.82, 2.24) is 4.98 Å². The maximum Gasteiger partial charge on any atom is 0.267 e. The van der Waals surface area contributed by atoms with Crippen molar-refractivity contribution in [3.05, 3.63) is 21.9 Å². The third-order valence-electron chi connectivity index (χ3n) is 1.33. The molecule has 0 spiro atoms. The quantitative estimate of drug-likeness (QED) is 0.777. The van der Waals surface area contributed by atoms with Gasteiger partial charge in [-0.15, -0.1) is 0 Å². The molecule has 0 aliphatic rings. The zero-order chi connectivity index (χ0) is 10.0. The van der Waals surface area contributed by atoms with Crippen LogP contribution in [0.1, 0.15) is 17.7 Å². The molecule has 3 nitrogen and oxygen atoms in total. The minimum atomic E-state index is -2.83. The Bertz CT molecular complexity index is 375. The molecule has 6 heteroatoms. The van der Waals surface area contributed by atoms with Crippen LogP contribution in [0.5, 0.6) is 5.75 Å².